The molecular weight excluding hydrogens is 524 g/mol. The lowest BCUT2D eigenvalue weighted by molar-refractivity contribution is -0.129. The molecule has 0 radical (unpaired) electrons. The van der Waals surface area contributed by atoms with E-state index in [0.29, 0.717) is 23.7 Å². The van der Waals surface area contributed by atoms with Crippen molar-refractivity contribution < 1.29 is 23.4 Å². The van der Waals surface area contributed by atoms with Crippen molar-refractivity contribution in [3.8, 4) is 11.5 Å². The van der Waals surface area contributed by atoms with Crippen LogP contribution in [0.3, 0.4) is 0 Å². The molecule has 0 fully saturated rings. The maximum atomic E-state index is 14.0. The Bertz CT molecular complexity index is 1250. The van der Waals surface area contributed by atoms with Crippen LogP contribution in [-0.4, -0.2) is 19.0 Å². The second kappa shape index (κ2) is 9.52. The van der Waals surface area contributed by atoms with Gasteiger partial charge in [-0.25, -0.2) is 14.2 Å². The SMILES string of the molecule is COc1cc(/C=C2\N=C(c3ccccc3F)OC2=O)cc(I)c1OCc1cccc(C)c1. The molecule has 4 rings (SSSR count). The second-order valence-corrected chi connectivity index (χ2v) is 8.29. The molecular formula is C25H19FINO4. The Balaban J connectivity index is 1.60. The molecule has 162 valence electrons. The number of hydrogen-bond acceptors (Lipinski definition) is 5. The highest BCUT2D eigenvalue weighted by Gasteiger charge is 2.26. The van der Waals surface area contributed by atoms with Gasteiger partial charge in [0.1, 0.15) is 12.4 Å². The van der Waals surface area contributed by atoms with Gasteiger partial charge in [-0.3, -0.25) is 0 Å². The van der Waals surface area contributed by atoms with Gasteiger partial charge in [0.15, 0.2) is 17.2 Å². The van der Waals surface area contributed by atoms with E-state index in [4.69, 9.17) is 14.2 Å². The van der Waals surface area contributed by atoms with E-state index in [-0.39, 0.29) is 17.2 Å². The highest BCUT2D eigenvalue weighted by Crippen LogP contribution is 2.35. The van der Waals surface area contributed by atoms with Gasteiger partial charge in [-0.1, -0.05) is 42.0 Å². The normalized spacial score (nSPS) is 14.3. The van der Waals surface area contributed by atoms with E-state index in [1.807, 2.05) is 31.2 Å². The van der Waals surface area contributed by atoms with E-state index < -0.39 is 11.8 Å². The predicted molar refractivity (Wildman–Crippen MR) is 128 cm³/mol. The fourth-order valence-corrected chi connectivity index (χ4v) is 4.02. The molecule has 0 atom stereocenters. The number of cyclic esters (lactones) is 1. The van der Waals surface area contributed by atoms with Crippen LogP contribution in [0.1, 0.15) is 22.3 Å². The molecule has 7 heteroatoms. The highest BCUT2D eigenvalue weighted by molar-refractivity contribution is 14.1. The Hall–Kier alpha value is -3.20. The summed E-state index contributed by atoms with van der Waals surface area (Å²) in [5.41, 5.74) is 3.11. The van der Waals surface area contributed by atoms with Crippen LogP contribution in [0.4, 0.5) is 4.39 Å². The number of aryl methyl sites for hydroxylation is 1. The fourth-order valence-electron chi connectivity index (χ4n) is 3.24. The molecule has 0 aromatic heterocycles. The van der Waals surface area contributed by atoms with E-state index in [0.717, 1.165) is 14.7 Å². The lowest BCUT2D eigenvalue weighted by Crippen LogP contribution is -2.07. The minimum Gasteiger partial charge on any atom is -0.493 e. The summed E-state index contributed by atoms with van der Waals surface area (Å²) in [6, 6.07) is 17.7. The van der Waals surface area contributed by atoms with Crippen molar-refractivity contribution in [1.82, 2.24) is 0 Å². The maximum Gasteiger partial charge on any atom is 0.363 e. The van der Waals surface area contributed by atoms with Crippen molar-refractivity contribution in [1.29, 1.82) is 0 Å². The number of halogens is 2. The van der Waals surface area contributed by atoms with Crippen LogP contribution in [0, 0.1) is 16.3 Å². The molecule has 0 bridgehead atoms. The molecule has 0 unspecified atom stereocenters. The number of nitrogens with zero attached hydrogens (tertiary/aromatic N) is 1. The molecule has 1 aliphatic rings. The maximum absolute atomic E-state index is 14.0. The highest BCUT2D eigenvalue weighted by atomic mass is 127. The molecule has 0 aliphatic carbocycles. The Morgan fingerprint density at radius 1 is 1.12 bits per heavy atom. The first-order chi connectivity index (χ1) is 15.4. The second-order valence-electron chi connectivity index (χ2n) is 7.13. The summed E-state index contributed by atoms with van der Waals surface area (Å²) in [4.78, 5) is 16.5. The lowest BCUT2D eigenvalue weighted by atomic mass is 10.1. The van der Waals surface area contributed by atoms with Crippen LogP contribution in [0.5, 0.6) is 11.5 Å². The quantitative estimate of drug-likeness (QED) is 0.229. The van der Waals surface area contributed by atoms with Gasteiger partial charge in [0.25, 0.3) is 0 Å². The molecule has 3 aromatic carbocycles. The zero-order valence-corrected chi connectivity index (χ0v) is 19.6. The van der Waals surface area contributed by atoms with Gasteiger partial charge in [0, 0.05) is 0 Å². The Labute approximate surface area is 198 Å². The van der Waals surface area contributed by atoms with Crippen LogP contribution in [-0.2, 0) is 16.1 Å². The van der Waals surface area contributed by atoms with E-state index in [1.165, 1.54) is 12.1 Å². The van der Waals surface area contributed by atoms with Crippen LogP contribution in [0.2, 0.25) is 0 Å². The predicted octanol–water partition coefficient (Wildman–Crippen LogP) is 5.67. The van der Waals surface area contributed by atoms with Gasteiger partial charge in [0.2, 0.25) is 5.90 Å². The third kappa shape index (κ3) is 4.83. The first-order valence-electron chi connectivity index (χ1n) is 9.78. The Morgan fingerprint density at radius 2 is 1.94 bits per heavy atom. The van der Waals surface area contributed by atoms with Gasteiger partial charge in [-0.2, -0.15) is 0 Å². The first-order valence-corrected chi connectivity index (χ1v) is 10.9. The van der Waals surface area contributed by atoms with Crippen LogP contribution in [0.15, 0.2) is 71.4 Å². The van der Waals surface area contributed by atoms with Crippen molar-refractivity contribution in [2.24, 2.45) is 4.99 Å². The van der Waals surface area contributed by atoms with E-state index in [9.17, 15) is 9.18 Å². The van der Waals surface area contributed by atoms with Gasteiger partial charge in [0.05, 0.1) is 16.2 Å². The standard InChI is InChI=1S/C25H19FINO4/c1-15-6-5-7-16(10-15)14-31-23-20(27)11-17(13-22(23)30-2)12-21-25(29)32-24(28-21)18-8-3-4-9-19(18)26/h3-13H,14H2,1-2H3/b21-12-. The lowest BCUT2D eigenvalue weighted by Gasteiger charge is -2.14. The summed E-state index contributed by atoms with van der Waals surface area (Å²) in [5.74, 6) is -0.0647. The van der Waals surface area contributed by atoms with E-state index in [1.54, 1.807) is 31.4 Å². The van der Waals surface area contributed by atoms with Crippen molar-refractivity contribution in [3.63, 3.8) is 0 Å². The number of rotatable bonds is 6. The summed E-state index contributed by atoms with van der Waals surface area (Å²) >= 11 is 2.16. The Morgan fingerprint density at radius 3 is 2.69 bits per heavy atom. The fraction of sp³-hybridized carbons (Fsp3) is 0.120. The molecule has 3 aromatic rings. The first kappa shape index (κ1) is 22.0. The molecule has 0 saturated heterocycles. The molecule has 5 nitrogen and oxygen atoms in total. The summed E-state index contributed by atoms with van der Waals surface area (Å²) < 4.78 is 31.5. The third-order valence-electron chi connectivity index (χ3n) is 4.75. The zero-order chi connectivity index (χ0) is 22.7. The monoisotopic (exact) mass is 543 g/mol. The molecule has 32 heavy (non-hydrogen) atoms. The zero-order valence-electron chi connectivity index (χ0n) is 17.4. The topological polar surface area (TPSA) is 57.1 Å². The van der Waals surface area contributed by atoms with Gasteiger partial charge < -0.3 is 14.2 Å². The van der Waals surface area contributed by atoms with Crippen LogP contribution < -0.4 is 9.47 Å². The van der Waals surface area contributed by atoms with Crippen LogP contribution in [0.25, 0.3) is 6.08 Å². The number of esters is 1. The number of benzene rings is 3. The van der Waals surface area contributed by atoms with Gasteiger partial charge in [-0.15, -0.1) is 0 Å². The van der Waals surface area contributed by atoms with Gasteiger partial charge in [-0.05, 0) is 71.0 Å². The molecule has 0 N–H and O–H groups in total. The number of carbonyl (C=O) groups excluding carboxylic acids is 1. The van der Waals surface area contributed by atoms with Crippen LogP contribution >= 0.6 is 22.6 Å². The smallest absolute Gasteiger partial charge is 0.363 e. The number of methoxy groups -OCH3 is 1. The minimum absolute atomic E-state index is 0.0564. The average Bonchev–Trinajstić information content (AvgIpc) is 3.13. The summed E-state index contributed by atoms with van der Waals surface area (Å²) in [7, 11) is 1.56. The molecule has 1 aliphatic heterocycles. The van der Waals surface area contributed by atoms with Crippen molar-refractivity contribution in [2.75, 3.05) is 7.11 Å². The Kier molecular flexibility index (Phi) is 6.55. The number of carbonyl (C=O) groups is 1. The molecule has 1 heterocycles. The number of hydrogen-bond donors (Lipinski definition) is 0. The van der Waals surface area contributed by atoms with Gasteiger partial charge >= 0.3 is 5.97 Å². The minimum atomic E-state index is -0.642. The largest absolute Gasteiger partial charge is 0.493 e. The van der Waals surface area contributed by atoms with E-state index >= 15 is 0 Å². The molecule has 0 amide bonds. The summed E-state index contributed by atoms with van der Waals surface area (Å²) in [6.45, 7) is 2.43. The van der Waals surface area contributed by atoms with Crippen molar-refractivity contribution in [2.45, 2.75) is 13.5 Å². The summed E-state index contributed by atoms with van der Waals surface area (Å²) in [6.07, 6.45) is 1.57. The third-order valence-corrected chi connectivity index (χ3v) is 5.55. The van der Waals surface area contributed by atoms with E-state index in [2.05, 4.69) is 33.6 Å². The van der Waals surface area contributed by atoms with Crippen molar-refractivity contribution in [3.05, 3.63) is 98.0 Å². The molecule has 0 spiro atoms. The number of ether oxygens (including phenoxy) is 3. The average molecular weight is 543 g/mol. The number of aliphatic imine (C=N–C) groups is 1. The summed E-state index contributed by atoms with van der Waals surface area (Å²) in [5, 5.41) is 0. The van der Waals surface area contributed by atoms with Crippen molar-refractivity contribution >= 4 is 40.5 Å². The molecule has 0 saturated carbocycles.